The summed E-state index contributed by atoms with van der Waals surface area (Å²) < 4.78 is 57.7. The third kappa shape index (κ3) is 4.48. The molecular weight excluding hydrogens is 292 g/mol. The molecule has 0 bridgehead atoms. The molecule has 5 nitrogen and oxygen atoms in total. The SMILES string of the molecule is CCOCCCNS(=O)(=O)c1cc(CO)cc(F)c1F. The van der Waals surface area contributed by atoms with Crippen LogP contribution in [-0.4, -0.2) is 33.3 Å². The maximum Gasteiger partial charge on any atom is 0.243 e. The number of hydrogen-bond donors (Lipinski definition) is 2. The Balaban J connectivity index is 2.84. The van der Waals surface area contributed by atoms with Crippen molar-refractivity contribution >= 4 is 10.0 Å². The number of aliphatic hydroxyl groups excluding tert-OH is 1. The molecule has 0 aliphatic heterocycles. The van der Waals surface area contributed by atoms with Gasteiger partial charge in [0.1, 0.15) is 4.90 Å². The molecule has 1 rings (SSSR count). The molecule has 2 N–H and O–H groups in total. The van der Waals surface area contributed by atoms with Gasteiger partial charge < -0.3 is 9.84 Å². The number of ether oxygens (including phenoxy) is 1. The van der Waals surface area contributed by atoms with Crippen molar-refractivity contribution in [1.29, 1.82) is 0 Å². The van der Waals surface area contributed by atoms with Crippen molar-refractivity contribution in [3.8, 4) is 0 Å². The van der Waals surface area contributed by atoms with Crippen molar-refractivity contribution in [3.05, 3.63) is 29.3 Å². The summed E-state index contributed by atoms with van der Waals surface area (Å²) >= 11 is 0. The van der Waals surface area contributed by atoms with E-state index in [0.29, 0.717) is 19.6 Å². The Labute approximate surface area is 116 Å². The maximum atomic E-state index is 13.5. The Morgan fingerprint density at radius 1 is 1.35 bits per heavy atom. The summed E-state index contributed by atoms with van der Waals surface area (Å²) in [6, 6.07) is 1.66. The molecule has 0 aliphatic carbocycles. The molecule has 0 saturated carbocycles. The van der Waals surface area contributed by atoms with E-state index in [2.05, 4.69) is 4.72 Å². The molecule has 8 heteroatoms. The lowest BCUT2D eigenvalue weighted by molar-refractivity contribution is 0.146. The van der Waals surface area contributed by atoms with Gasteiger partial charge in [-0.05, 0) is 31.0 Å². The summed E-state index contributed by atoms with van der Waals surface area (Å²) in [7, 11) is -4.16. The summed E-state index contributed by atoms with van der Waals surface area (Å²) in [5.74, 6) is -2.77. The Morgan fingerprint density at radius 3 is 2.65 bits per heavy atom. The van der Waals surface area contributed by atoms with Gasteiger partial charge in [0.2, 0.25) is 10.0 Å². The third-order valence-corrected chi connectivity index (χ3v) is 3.95. The molecule has 0 spiro atoms. The smallest absolute Gasteiger partial charge is 0.243 e. The summed E-state index contributed by atoms with van der Waals surface area (Å²) in [6.45, 7) is 2.16. The van der Waals surface area contributed by atoms with Gasteiger partial charge in [0.15, 0.2) is 11.6 Å². The molecular formula is C12H17F2NO4S. The molecule has 0 heterocycles. The molecule has 0 fully saturated rings. The molecule has 0 amide bonds. The van der Waals surface area contributed by atoms with Crippen LogP contribution in [0.25, 0.3) is 0 Å². The summed E-state index contributed by atoms with van der Waals surface area (Å²) in [5.41, 5.74) is -0.0152. The van der Waals surface area contributed by atoms with Crippen LogP contribution in [0.1, 0.15) is 18.9 Å². The van der Waals surface area contributed by atoms with Crippen LogP contribution in [0.4, 0.5) is 8.78 Å². The Kier molecular flexibility index (Phi) is 6.47. The molecule has 0 aromatic heterocycles. The zero-order valence-electron chi connectivity index (χ0n) is 11.0. The second-order valence-electron chi connectivity index (χ2n) is 4.00. The van der Waals surface area contributed by atoms with Gasteiger partial charge in [-0.15, -0.1) is 0 Å². The van der Waals surface area contributed by atoms with Crippen LogP contribution in [0.3, 0.4) is 0 Å². The van der Waals surface area contributed by atoms with Crippen molar-refractivity contribution in [2.24, 2.45) is 0 Å². The standard InChI is InChI=1S/C12H17F2NO4S/c1-2-19-5-3-4-15-20(17,18)11-7-9(8-16)6-10(13)12(11)14/h6-7,15-16H,2-5,8H2,1H3. The maximum absolute atomic E-state index is 13.5. The molecule has 0 unspecified atom stereocenters. The number of halogens is 2. The van der Waals surface area contributed by atoms with E-state index in [1.54, 1.807) is 0 Å². The van der Waals surface area contributed by atoms with E-state index in [1.165, 1.54) is 0 Å². The van der Waals surface area contributed by atoms with Crippen molar-refractivity contribution in [2.75, 3.05) is 19.8 Å². The molecule has 20 heavy (non-hydrogen) atoms. The highest BCUT2D eigenvalue weighted by Gasteiger charge is 2.22. The van der Waals surface area contributed by atoms with Crippen LogP contribution in [0.15, 0.2) is 17.0 Å². The second-order valence-corrected chi connectivity index (χ2v) is 5.73. The Hall–Kier alpha value is -1.09. The van der Waals surface area contributed by atoms with Crippen LogP contribution in [0.5, 0.6) is 0 Å². The largest absolute Gasteiger partial charge is 0.392 e. The minimum absolute atomic E-state index is 0.0152. The molecule has 1 aromatic carbocycles. The fraction of sp³-hybridized carbons (Fsp3) is 0.500. The van der Waals surface area contributed by atoms with Crippen LogP contribution in [0, 0.1) is 11.6 Å². The minimum atomic E-state index is -4.16. The summed E-state index contributed by atoms with van der Waals surface area (Å²) in [4.78, 5) is -0.807. The van der Waals surface area contributed by atoms with E-state index < -0.39 is 33.2 Å². The molecule has 1 aromatic rings. The van der Waals surface area contributed by atoms with Crippen LogP contribution in [-0.2, 0) is 21.4 Å². The first-order chi connectivity index (χ1) is 9.42. The van der Waals surface area contributed by atoms with E-state index in [9.17, 15) is 17.2 Å². The van der Waals surface area contributed by atoms with Crippen molar-refractivity contribution in [3.63, 3.8) is 0 Å². The normalized spacial score (nSPS) is 11.8. The first-order valence-electron chi connectivity index (χ1n) is 6.08. The fourth-order valence-electron chi connectivity index (χ4n) is 1.51. The lowest BCUT2D eigenvalue weighted by Crippen LogP contribution is -2.27. The zero-order valence-corrected chi connectivity index (χ0v) is 11.8. The lowest BCUT2D eigenvalue weighted by atomic mass is 10.2. The van der Waals surface area contributed by atoms with Crippen molar-refractivity contribution in [2.45, 2.75) is 24.8 Å². The minimum Gasteiger partial charge on any atom is -0.392 e. The molecule has 114 valence electrons. The quantitative estimate of drug-likeness (QED) is 0.707. The van der Waals surface area contributed by atoms with Gasteiger partial charge in [-0.1, -0.05) is 0 Å². The average Bonchev–Trinajstić information content (AvgIpc) is 2.41. The number of rotatable bonds is 8. The number of nitrogens with one attached hydrogen (secondary N) is 1. The lowest BCUT2D eigenvalue weighted by Gasteiger charge is -2.09. The highest BCUT2D eigenvalue weighted by molar-refractivity contribution is 7.89. The van der Waals surface area contributed by atoms with E-state index in [0.717, 1.165) is 12.1 Å². The van der Waals surface area contributed by atoms with Crippen LogP contribution >= 0.6 is 0 Å². The van der Waals surface area contributed by atoms with Crippen molar-refractivity contribution < 1.29 is 27.0 Å². The molecule has 0 radical (unpaired) electrons. The molecule has 0 atom stereocenters. The van der Waals surface area contributed by atoms with E-state index >= 15 is 0 Å². The Morgan fingerprint density at radius 2 is 2.05 bits per heavy atom. The van der Waals surface area contributed by atoms with Gasteiger partial charge in [0, 0.05) is 19.8 Å². The van der Waals surface area contributed by atoms with E-state index in [4.69, 9.17) is 9.84 Å². The summed E-state index contributed by atoms with van der Waals surface area (Å²) in [5, 5.41) is 8.90. The highest BCUT2D eigenvalue weighted by Crippen LogP contribution is 2.19. The topological polar surface area (TPSA) is 75.6 Å². The van der Waals surface area contributed by atoms with Crippen LogP contribution in [0.2, 0.25) is 0 Å². The monoisotopic (exact) mass is 309 g/mol. The number of aliphatic hydroxyl groups is 1. The van der Waals surface area contributed by atoms with Gasteiger partial charge in [0.25, 0.3) is 0 Å². The third-order valence-electron chi connectivity index (χ3n) is 2.49. The predicted molar refractivity (Wildman–Crippen MR) is 68.6 cm³/mol. The van der Waals surface area contributed by atoms with Gasteiger partial charge in [-0.25, -0.2) is 21.9 Å². The Bertz CT molecular complexity index is 549. The fourth-order valence-corrected chi connectivity index (χ4v) is 2.72. The van der Waals surface area contributed by atoms with E-state index in [-0.39, 0.29) is 12.1 Å². The van der Waals surface area contributed by atoms with Gasteiger partial charge in [0.05, 0.1) is 6.61 Å². The number of sulfonamides is 1. The number of benzene rings is 1. The summed E-state index contributed by atoms with van der Waals surface area (Å²) in [6.07, 6.45) is 0.414. The molecule has 0 saturated heterocycles. The number of hydrogen-bond acceptors (Lipinski definition) is 4. The van der Waals surface area contributed by atoms with Crippen LogP contribution < -0.4 is 4.72 Å². The van der Waals surface area contributed by atoms with Gasteiger partial charge in [-0.2, -0.15) is 0 Å². The van der Waals surface area contributed by atoms with Crippen molar-refractivity contribution in [1.82, 2.24) is 4.72 Å². The first kappa shape index (κ1) is 17.0. The average molecular weight is 309 g/mol. The predicted octanol–water partition coefficient (Wildman–Crippen LogP) is 1.16. The highest BCUT2D eigenvalue weighted by atomic mass is 32.2. The zero-order chi connectivity index (χ0) is 15.2. The first-order valence-corrected chi connectivity index (χ1v) is 7.57. The second kappa shape index (κ2) is 7.63. The van der Waals surface area contributed by atoms with Gasteiger partial charge >= 0.3 is 0 Å². The molecule has 0 aliphatic rings. The van der Waals surface area contributed by atoms with Gasteiger partial charge in [-0.3, -0.25) is 0 Å². The van der Waals surface area contributed by atoms with E-state index in [1.807, 2.05) is 6.92 Å².